The topological polar surface area (TPSA) is 72.9 Å². The van der Waals surface area contributed by atoms with Crippen LogP contribution in [0.4, 0.5) is 14.6 Å². The lowest BCUT2D eigenvalue weighted by molar-refractivity contribution is -0.118. The smallest absolute Gasteiger partial charge is 0.239 e. The van der Waals surface area contributed by atoms with Crippen molar-refractivity contribution in [3.05, 3.63) is 47.7 Å². The number of rotatable bonds is 5. The molecule has 2 aromatic rings. The fourth-order valence-corrected chi connectivity index (χ4v) is 1.58. The Balaban J connectivity index is 2.02. The Bertz CT molecular complexity index is 577. The average Bonchev–Trinajstić information content (AvgIpc) is 2.75. The van der Waals surface area contributed by atoms with E-state index >= 15 is 0 Å². The first-order valence-corrected chi connectivity index (χ1v) is 5.55. The largest absolute Gasteiger partial charge is 0.368 e. The van der Waals surface area contributed by atoms with E-state index in [9.17, 15) is 13.6 Å². The highest BCUT2D eigenvalue weighted by Crippen LogP contribution is 2.13. The molecule has 5 nitrogen and oxygen atoms in total. The molecule has 0 aliphatic heterocycles. The second-order valence-corrected chi connectivity index (χ2v) is 3.92. The minimum Gasteiger partial charge on any atom is -0.368 e. The predicted molar refractivity (Wildman–Crippen MR) is 65.1 cm³/mol. The molecule has 3 N–H and O–H groups in total. The number of amides is 1. The number of anilines is 1. The Morgan fingerprint density at radius 3 is 2.63 bits per heavy atom. The van der Waals surface area contributed by atoms with Crippen molar-refractivity contribution in [3.63, 3.8) is 0 Å². The Morgan fingerprint density at radius 2 is 2.00 bits per heavy atom. The number of primary amides is 1. The summed E-state index contributed by atoms with van der Waals surface area (Å²) in [7, 11) is 0. The molecule has 1 aromatic heterocycles. The molecule has 0 aliphatic carbocycles. The summed E-state index contributed by atoms with van der Waals surface area (Å²) in [5.41, 5.74) is 4.96. The van der Waals surface area contributed by atoms with Crippen molar-refractivity contribution in [2.45, 2.75) is 13.1 Å². The summed E-state index contributed by atoms with van der Waals surface area (Å²) >= 11 is 0. The predicted octanol–water partition coefficient (Wildman–Crippen LogP) is 1.26. The first kappa shape index (κ1) is 13.0. The van der Waals surface area contributed by atoms with Crippen LogP contribution < -0.4 is 11.1 Å². The minimum absolute atomic E-state index is 0.0356. The van der Waals surface area contributed by atoms with Crippen LogP contribution in [-0.2, 0) is 17.9 Å². The number of nitrogens with one attached hydrogen (secondary N) is 1. The standard InChI is InChI=1S/C12H12F2N4O/c13-9-2-1-3-10(14)8(9)6-16-12-4-5-18(17-12)7-11(15)19/h1-5H,6-7H2,(H2,15,19)(H,16,17). The van der Waals surface area contributed by atoms with Gasteiger partial charge >= 0.3 is 0 Å². The quantitative estimate of drug-likeness (QED) is 0.855. The number of halogens is 2. The summed E-state index contributed by atoms with van der Waals surface area (Å²) in [6.45, 7) is -0.0815. The summed E-state index contributed by atoms with van der Waals surface area (Å²) in [4.78, 5) is 10.7. The molecular weight excluding hydrogens is 254 g/mol. The highest BCUT2D eigenvalue weighted by molar-refractivity contribution is 5.73. The molecule has 0 radical (unpaired) electrons. The van der Waals surface area contributed by atoms with Crippen LogP contribution in [0.15, 0.2) is 30.5 Å². The maximum absolute atomic E-state index is 13.4. The lowest BCUT2D eigenvalue weighted by Crippen LogP contribution is -2.19. The van der Waals surface area contributed by atoms with Gasteiger partial charge in [0.2, 0.25) is 5.91 Å². The maximum atomic E-state index is 13.4. The molecule has 0 saturated heterocycles. The average molecular weight is 266 g/mol. The fourth-order valence-electron chi connectivity index (χ4n) is 1.58. The van der Waals surface area contributed by atoms with Gasteiger partial charge in [-0.1, -0.05) is 6.07 Å². The minimum atomic E-state index is -0.621. The third-order valence-electron chi connectivity index (χ3n) is 2.47. The van der Waals surface area contributed by atoms with Crippen molar-refractivity contribution in [1.29, 1.82) is 0 Å². The molecule has 0 spiro atoms. The van der Waals surface area contributed by atoms with E-state index in [1.807, 2.05) is 0 Å². The molecule has 1 aromatic carbocycles. The lowest BCUT2D eigenvalue weighted by Gasteiger charge is -2.05. The van der Waals surface area contributed by atoms with Crippen LogP contribution in [0, 0.1) is 11.6 Å². The molecular formula is C12H12F2N4O. The van der Waals surface area contributed by atoms with E-state index in [0.29, 0.717) is 5.82 Å². The number of hydrogen-bond acceptors (Lipinski definition) is 3. The first-order valence-electron chi connectivity index (χ1n) is 5.55. The van der Waals surface area contributed by atoms with E-state index in [2.05, 4.69) is 10.4 Å². The summed E-state index contributed by atoms with van der Waals surface area (Å²) in [5, 5.41) is 6.76. The molecule has 100 valence electrons. The highest BCUT2D eigenvalue weighted by Gasteiger charge is 2.08. The second kappa shape index (κ2) is 5.47. The van der Waals surface area contributed by atoms with Crippen LogP contribution >= 0.6 is 0 Å². The van der Waals surface area contributed by atoms with Gasteiger partial charge in [-0.25, -0.2) is 8.78 Å². The van der Waals surface area contributed by atoms with Gasteiger partial charge in [0.15, 0.2) is 0 Å². The van der Waals surface area contributed by atoms with Gasteiger partial charge in [0.05, 0.1) is 0 Å². The Labute approximate surface area is 108 Å². The third-order valence-corrected chi connectivity index (χ3v) is 2.47. The van der Waals surface area contributed by atoms with Crippen LogP contribution in [-0.4, -0.2) is 15.7 Å². The number of carbonyl (C=O) groups excluding carboxylic acids is 1. The highest BCUT2D eigenvalue weighted by atomic mass is 19.1. The number of nitrogens with two attached hydrogens (primary N) is 1. The summed E-state index contributed by atoms with van der Waals surface area (Å²) in [5.74, 6) is -1.35. The Morgan fingerprint density at radius 1 is 1.32 bits per heavy atom. The van der Waals surface area contributed by atoms with E-state index in [4.69, 9.17) is 5.73 Å². The SMILES string of the molecule is NC(=O)Cn1ccc(NCc2c(F)cccc2F)n1. The van der Waals surface area contributed by atoms with E-state index in [0.717, 1.165) is 0 Å². The van der Waals surface area contributed by atoms with Crippen molar-refractivity contribution in [3.8, 4) is 0 Å². The fraction of sp³-hybridized carbons (Fsp3) is 0.167. The molecule has 0 aliphatic rings. The van der Waals surface area contributed by atoms with Crippen molar-refractivity contribution in [2.75, 3.05) is 5.32 Å². The lowest BCUT2D eigenvalue weighted by atomic mass is 10.2. The normalized spacial score (nSPS) is 10.4. The number of benzene rings is 1. The van der Waals surface area contributed by atoms with E-state index in [1.165, 1.54) is 22.9 Å². The van der Waals surface area contributed by atoms with Gasteiger partial charge in [-0.2, -0.15) is 5.10 Å². The zero-order chi connectivity index (χ0) is 13.8. The number of hydrogen-bond donors (Lipinski definition) is 2. The zero-order valence-corrected chi connectivity index (χ0v) is 9.94. The molecule has 0 saturated carbocycles. The first-order chi connectivity index (χ1) is 9.06. The third kappa shape index (κ3) is 3.27. The van der Waals surface area contributed by atoms with Crippen molar-refractivity contribution in [1.82, 2.24) is 9.78 Å². The summed E-state index contributed by atoms with van der Waals surface area (Å²) in [6, 6.07) is 5.26. The van der Waals surface area contributed by atoms with Crippen LogP contribution in [0.2, 0.25) is 0 Å². The van der Waals surface area contributed by atoms with E-state index < -0.39 is 17.5 Å². The zero-order valence-electron chi connectivity index (χ0n) is 9.94. The molecule has 2 rings (SSSR count). The molecule has 0 bridgehead atoms. The summed E-state index contributed by atoms with van der Waals surface area (Å²) in [6.07, 6.45) is 1.55. The van der Waals surface area contributed by atoms with E-state index in [1.54, 1.807) is 12.3 Å². The molecule has 0 fully saturated rings. The van der Waals surface area contributed by atoms with Crippen molar-refractivity contribution in [2.24, 2.45) is 5.73 Å². The molecule has 0 unspecified atom stereocenters. The van der Waals surface area contributed by atoms with Gasteiger partial charge in [-0.3, -0.25) is 9.48 Å². The van der Waals surface area contributed by atoms with Crippen molar-refractivity contribution < 1.29 is 13.6 Å². The van der Waals surface area contributed by atoms with E-state index in [-0.39, 0.29) is 18.7 Å². The van der Waals surface area contributed by atoms with Gasteiger partial charge in [0, 0.05) is 24.4 Å². The monoisotopic (exact) mass is 266 g/mol. The van der Waals surface area contributed by atoms with Gasteiger partial charge in [-0.05, 0) is 12.1 Å². The van der Waals surface area contributed by atoms with Crippen LogP contribution in [0.25, 0.3) is 0 Å². The van der Waals surface area contributed by atoms with Crippen LogP contribution in [0.1, 0.15) is 5.56 Å². The Kier molecular flexibility index (Phi) is 3.74. The van der Waals surface area contributed by atoms with Gasteiger partial charge in [0.25, 0.3) is 0 Å². The van der Waals surface area contributed by atoms with Gasteiger partial charge < -0.3 is 11.1 Å². The number of aromatic nitrogens is 2. The molecule has 0 atom stereocenters. The van der Waals surface area contributed by atoms with Crippen molar-refractivity contribution >= 4 is 11.7 Å². The second-order valence-electron chi connectivity index (χ2n) is 3.92. The number of carbonyl (C=O) groups is 1. The summed E-state index contributed by atoms with van der Waals surface area (Å²) < 4.78 is 28.1. The van der Waals surface area contributed by atoms with Crippen LogP contribution in [0.5, 0.6) is 0 Å². The molecule has 7 heteroatoms. The van der Waals surface area contributed by atoms with Gasteiger partial charge in [-0.15, -0.1) is 0 Å². The Hall–Kier alpha value is -2.44. The molecule has 1 heterocycles. The van der Waals surface area contributed by atoms with Crippen LogP contribution in [0.3, 0.4) is 0 Å². The molecule has 1 amide bonds. The number of nitrogens with zero attached hydrogens (tertiary/aromatic N) is 2. The van der Waals surface area contributed by atoms with Gasteiger partial charge in [0.1, 0.15) is 24.0 Å². The molecule has 19 heavy (non-hydrogen) atoms. The maximum Gasteiger partial charge on any atom is 0.239 e.